The number of ether oxygens (including phenoxy) is 1. The summed E-state index contributed by atoms with van der Waals surface area (Å²) in [5.74, 6) is 2.47. The molecule has 134 valence electrons. The van der Waals surface area contributed by atoms with E-state index in [2.05, 4.69) is 71.6 Å². The Morgan fingerprint density at radius 1 is 0.731 bits per heavy atom. The molecule has 0 aromatic heterocycles. The molecule has 0 fully saturated rings. The third kappa shape index (κ3) is 4.96. The lowest BCUT2D eigenvalue weighted by Crippen LogP contribution is -1.97. The highest BCUT2D eigenvalue weighted by Crippen LogP contribution is 2.27. The van der Waals surface area contributed by atoms with Crippen molar-refractivity contribution >= 4 is 9.24 Å². The van der Waals surface area contributed by atoms with Crippen LogP contribution < -0.4 is 4.74 Å². The van der Waals surface area contributed by atoms with Gasteiger partial charge in [0.15, 0.2) is 0 Å². The average molecular weight is 362 g/mol. The van der Waals surface area contributed by atoms with Gasteiger partial charge in [-0.25, -0.2) is 0 Å². The van der Waals surface area contributed by atoms with E-state index in [-0.39, 0.29) is 0 Å². The smallest absolute Gasteiger partial charge is 0.127 e. The van der Waals surface area contributed by atoms with Crippen LogP contribution in [0.3, 0.4) is 0 Å². The molecule has 3 rings (SSSR count). The molecule has 0 aliphatic rings. The van der Waals surface area contributed by atoms with Gasteiger partial charge in [0.1, 0.15) is 11.5 Å². The fourth-order valence-corrected chi connectivity index (χ4v) is 3.20. The van der Waals surface area contributed by atoms with Crippen LogP contribution in [0.2, 0.25) is 0 Å². The Balaban J connectivity index is 1.66. The molecule has 1 nitrogen and oxygen atoms in total. The van der Waals surface area contributed by atoms with Gasteiger partial charge in [-0.1, -0.05) is 68.8 Å². The minimum Gasteiger partial charge on any atom is -0.457 e. The fourth-order valence-electron chi connectivity index (χ4n) is 2.93. The maximum absolute atomic E-state index is 5.94. The van der Waals surface area contributed by atoms with E-state index in [1.165, 1.54) is 28.7 Å². The Morgan fingerprint density at radius 3 is 1.69 bits per heavy atom. The van der Waals surface area contributed by atoms with Crippen molar-refractivity contribution in [1.29, 1.82) is 0 Å². The van der Waals surface area contributed by atoms with Crippen molar-refractivity contribution in [3.8, 4) is 22.6 Å². The molecule has 0 bridgehead atoms. The second-order valence-electron chi connectivity index (χ2n) is 6.89. The van der Waals surface area contributed by atoms with Gasteiger partial charge in [-0.15, -0.1) is 9.24 Å². The molecule has 0 radical (unpaired) electrons. The molecule has 2 unspecified atom stereocenters. The number of benzene rings is 3. The minimum absolute atomic E-state index is 0.738. The fraction of sp³-hybridized carbons (Fsp3) is 0.250. The van der Waals surface area contributed by atoms with E-state index < -0.39 is 0 Å². The summed E-state index contributed by atoms with van der Waals surface area (Å²) < 4.78 is 5.94. The molecule has 0 heterocycles. The largest absolute Gasteiger partial charge is 0.457 e. The van der Waals surface area contributed by atoms with E-state index in [0.29, 0.717) is 0 Å². The summed E-state index contributed by atoms with van der Waals surface area (Å²) in [6.07, 6.45) is 3.34. The lowest BCUT2D eigenvalue weighted by Gasteiger charge is -2.10. The van der Waals surface area contributed by atoms with Crippen LogP contribution in [0.25, 0.3) is 11.1 Å². The highest BCUT2D eigenvalue weighted by Gasteiger charge is 2.03. The lowest BCUT2D eigenvalue weighted by atomic mass is 9.97. The Morgan fingerprint density at radius 2 is 1.19 bits per heavy atom. The Bertz CT molecular complexity index is 804. The van der Waals surface area contributed by atoms with E-state index in [1.54, 1.807) is 0 Å². The highest BCUT2D eigenvalue weighted by atomic mass is 31.0. The van der Waals surface area contributed by atoms with Gasteiger partial charge in [0, 0.05) is 0 Å². The van der Waals surface area contributed by atoms with E-state index in [1.807, 2.05) is 24.3 Å². The second-order valence-corrected chi connectivity index (χ2v) is 7.30. The van der Waals surface area contributed by atoms with Crippen LogP contribution >= 0.6 is 9.24 Å². The predicted octanol–water partition coefficient (Wildman–Crippen LogP) is 7.11. The number of hydrogen-bond donors (Lipinski definition) is 0. The Kier molecular flexibility index (Phi) is 6.47. The van der Waals surface area contributed by atoms with Crippen molar-refractivity contribution in [3.05, 3.63) is 83.9 Å². The molecule has 2 atom stereocenters. The molecule has 3 aromatic rings. The summed E-state index contributed by atoms with van der Waals surface area (Å²) in [6.45, 7) is 4.56. The summed E-state index contributed by atoms with van der Waals surface area (Å²) >= 11 is 0. The zero-order valence-electron chi connectivity index (χ0n) is 15.6. The zero-order valence-corrected chi connectivity index (χ0v) is 16.8. The maximum atomic E-state index is 5.94. The molecule has 26 heavy (non-hydrogen) atoms. The molecule has 0 N–H and O–H groups in total. The molecule has 2 heteroatoms. The molecule has 0 aliphatic carbocycles. The van der Waals surface area contributed by atoms with E-state index >= 15 is 0 Å². The van der Waals surface area contributed by atoms with Crippen molar-refractivity contribution in [1.82, 2.24) is 0 Å². The summed E-state index contributed by atoms with van der Waals surface area (Å²) in [4.78, 5) is 0. The van der Waals surface area contributed by atoms with E-state index in [4.69, 9.17) is 4.74 Å². The van der Waals surface area contributed by atoms with Gasteiger partial charge >= 0.3 is 0 Å². The first-order valence-electron chi connectivity index (χ1n) is 9.34. The molecule has 0 saturated heterocycles. The summed E-state index contributed by atoms with van der Waals surface area (Å²) in [5, 5.41) is 0. The van der Waals surface area contributed by atoms with Gasteiger partial charge in [-0.2, -0.15) is 0 Å². The first-order valence-corrected chi connectivity index (χ1v) is 10.2. The first-order chi connectivity index (χ1) is 12.7. The molecule has 3 aromatic carbocycles. The van der Waals surface area contributed by atoms with Gasteiger partial charge in [0.2, 0.25) is 0 Å². The Labute approximate surface area is 159 Å². The summed E-state index contributed by atoms with van der Waals surface area (Å²) in [7, 11) is 2.74. The van der Waals surface area contributed by atoms with Gasteiger partial charge in [-0.05, 0) is 65.0 Å². The van der Waals surface area contributed by atoms with Gasteiger partial charge in [0.25, 0.3) is 0 Å². The van der Waals surface area contributed by atoms with Gasteiger partial charge in [0.05, 0.1) is 0 Å². The minimum atomic E-state index is 0.738. The quantitative estimate of drug-likeness (QED) is 0.407. The molecular weight excluding hydrogens is 335 g/mol. The van der Waals surface area contributed by atoms with Crippen molar-refractivity contribution in [2.24, 2.45) is 5.92 Å². The van der Waals surface area contributed by atoms with Crippen molar-refractivity contribution in [2.75, 3.05) is 0 Å². The predicted molar refractivity (Wildman–Crippen MR) is 115 cm³/mol. The highest BCUT2D eigenvalue weighted by molar-refractivity contribution is 7.15. The average Bonchev–Trinajstić information content (AvgIpc) is 2.70. The van der Waals surface area contributed by atoms with Crippen LogP contribution in [0.4, 0.5) is 0 Å². The van der Waals surface area contributed by atoms with Crippen LogP contribution in [0.15, 0.2) is 72.8 Å². The van der Waals surface area contributed by atoms with Crippen molar-refractivity contribution < 1.29 is 4.74 Å². The topological polar surface area (TPSA) is 9.23 Å². The van der Waals surface area contributed by atoms with Crippen molar-refractivity contribution in [3.63, 3.8) is 0 Å². The molecular formula is C24H27OP. The van der Waals surface area contributed by atoms with Crippen LogP contribution in [0.1, 0.15) is 31.4 Å². The third-order valence-electron chi connectivity index (χ3n) is 4.82. The monoisotopic (exact) mass is 362 g/mol. The van der Waals surface area contributed by atoms with Crippen LogP contribution in [0.5, 0.6) is 11.5 Å². The first kappa shape index (κ1) is 18.7. The maximum Gasteiger partial charge on any atom is 0.127 e. The van der Waals surface area contributed by atoms with Gasteiger partial charge in [-0.3, -0.25) is 0 Å². The normalized spacial score (nSPS) is 12.0. The van der Waals surface area contributed by atoms with Gasteiger partial charge < -0.3 is 4.74 Å². The van der Waals surface area contributed by atoms with Crippen LogP contribution in [-0.4, -0.2) is 0 Å². The van der Waals surface area contributed by atoms with E-state index in [0.717, 1.165) is 30.0 Å². The second kappa shape index (κ2) is 9.01. The molecule has 0 spiro atoms. The zero-order chi connectivity index (χ0) is 18.4. The van der Waals surface area contributed by atoms with Crippen LogP contribution in [0, 0.1) is 5.92 Å². The Hall–Kier alpha value is -2.11. The third-order valence-corrected chi connectivity index (χ3v) is 5.29. The SMILES string of the molecule is CCC(C)Cc1ccc(-c2ccc(Oc3ccc(CP)cc3)cc2)cc1. The number of rotatable bonds is 7. The number of hydrogen-bond acceptors (Lipinski definition) is 1. The lowest BCUT2D eigenvalue weighted by molar-refractivity contribution is 0.482. The summed E-state index contributed by atoms with van der Waals surface area (Å²) in [6, 6.07) is 25.5. The molecule has 0 amide bonds. The molecule has 0 aliphatic heterocycles. The molecule has 0 saturated carbocycles. The standard InChI is InChI=1S/C24H27OP/c1-3-18(2)16-19-4-8-21(9-5-19)22-10-14-24(15-11-22)25-23-12-6-20(17-26)7-13-23/h4-15,18H,3,16-17,26H2,1-2H3. The summed E-state index contributed by atoms with van der Waals surface area (Å²) in [5.41, 5.74) is 5.16. The van der Waals surface area contributed by atoms with Crippen LogP contribution in [-0.2, 0) is 12.6 Å². The van der Waals surface area contributed by atoms with Crippen molar-refractivity contribution in [2.45, 2.75) is 32.9 Å². The van der Waals surface area contributed by atoms with E-state index in [9.17, 15) is 0 Å².